The van der Waals surface area contributed by atoms with Crippen LogP contribution in [0.3, 0.4) is 0 Å². The standard InChI is InChI=1S/C23H14F3N5OS.C2HF3O2/c24-23(25,26)15-9-7-14(8-10-15)16-12-20(29-13-28-16)32-17-4-3-5-18-21(17)31-22(33-18)30-19-6-1-2-11-27-19;3-2(4,5)1(6)7/h1-13H,(H,27,30,31);(H,6,7). The molecule has 0 spiro atoms. The van der Waals surface area contributed by atoms with Gasteiger partial charge in [-0.2, -0.15) is 26.3 Å². The van der Waals surface area contributed by atoms with E-state index in [1.807, 2.05) is 30.3 Å². The van der Waals surface area contributed by atoms with Crippen LogP contribution in [0.15, 0.2) is 79.3 Å². The number of fused-ring (bicyclic) bond motifs is 1. The van der Waals surface area contributed by atoms with Gasteiger partial charge in [0.25, 0.3) is 0 Å². The highest BCUT2D eigenvalue weighted by atomic mass is 32.1. The van der Waals surface area contributed by atoms with Crippen molar-refractivity contribution in [3.63, 3.8) is 0 Å². The van der Waals surface area contributed by atoms with E-state index in [0.29, 0.717) is 33.5 Å². The quantitative estimate of drug-likeness (QED) is 0.208. The first-order valence-corrected chi connectivity index (χ1v) is 11.8. The van der Waals surface area contributed by atoms with Crippen molar-refractivity contribution in [3.8, 4) is 22.9 Å². The first kappa shape index (κ1) is 28.2. The van der Waals surface area contributed by atoms with E-state index in [-0.39, 0.29) is 5.88 Å². The fraction of sp³-hybridized carbons (Fsp3) is 0.0800. The number of alkyl halides is 6. The van der Waals surface area contributed by atoms with Crippen molar-refractivity contribution < 1.29 is 41.0 Å². The zero-order valence-corrected chi connectivity index (χ0v) is 20.6. The van der Waals surface area contributed by atoms with Crippen LogP contribution in [0.5, 0.6) is 11.6 Å². The highest BCUT2D eigenvalue weighted by Crippen LogP contribution is 2.36. The number of anilines is 2. The van der Waals surface area contributed by atoms with Crippen molar-refractivity contribution in [2.24, 2.45) is 0 Å². The maximum Gasteiger partial charge on any atom is 0.490 e. The maximum absolute atomic E-state index is 12.8. The molecule has 0 aliphatic carbocycles. The van der Waals surface area contributed by atoms with Crippen molar-refractivity contribution >= 4 is 38.5 Å². The Kier molecular flexibility index (Phi) is 8.13. The number of nitrogens with one attached hydrogen (secondary N) is 1. The molecular formula is C25H15F6N5O3S. The Bertz CT molecular complexity index is 1610. The molecule has 0 aliphatic rings. The van der Waals surface area contributed by atoms with Crippen molar-refractivity contribution in [1.82, 2.24) is 19.9 Å². The first-order valence-electron chi connectivity index (χ1n) is 11.0. The predicted molar refractivity (Wildman–Crippen MR) is 133 cm³/mol. The molecule has 5 aromatic rings. The lowest BCUT2D eigenvalue weighted by molar-refractivity contribution is -0.192. The average Bonchev–Trinajstić information content (AvgIpc) is 3.32. The van der Waals surface area contributed by atoms with Gasteiger partial charge in [-0.05, 0) is 36.4 Å². The third kappa shape index (κ3) is 7.19. The van der Waals surface area contributed by atoms with Gasteiger partial charge in [0.05, 0.1) is 16.0 Å². The second-order valence-corrected chi connectivity index (χ2v) is 8.71. The SMILES string of the molecule is FC(F)(F)c1ccc(-c2cc(Oc3cccc4sc(Nc5ccccn5)nc34)ncn2)cc1.O=C(O)C(F)(F)F. The Morgan fingerprint density at radius 1 is 0.900 bits per heavy atom. The Hall–Kier alpha value is -4.79. The Morgan fingerprint density at radius 3 is 2.25 bits per heavy atom. The van der Waals surface area contributed by atoms with Crippen LogP contribution in [0.1, 0.15) is 5.56 Å². The second-order valence-electron chi connectivity index (χ2n) is 7.68. The van der Waals surface area contributed by atoms with Gasteiger partial charge in [-0.15, -0.1) is 0 Å². The molecule has 0 unspecified atom stereocenters. The third-order valence-corrected chi connectivity index (χ3v) is 5.82. The summed E-state index contributed by atoms with van der Waals surface area (Å²) in [6, 6.07) is 17.4. The molecule has 206 valence electrons. The zero-order valence-electron chi connectivity index (χ0n) is 19.7. The molecule has 0 fully saturated rings. The van der Waals surface area contributed by atoms with Gasteiger partial charge in [-0.3, -0.25) is 0 Å². The van der Waals surface area contributed by atoms with E-state index < -0.39 is 23.9 Å². The maximum atomic E-state index is 12.8. The molecule has 2 aromatic carbocycles. The molecule has 0 aliphatic heterocycles. The lowest BCUT2D eigenvalue weighted by Gasteiger charge is -2.09. The summed E-state index contributed by atoms with van der Waals surface area (Å²) in [7, 11) is 0. The monoisotopic (exact) mass is 579 g/mol. The summed E-state index contributed by atoms with van der Waals surface area (Å²) in [6.07, 6.45) is -6.49. The molecular weight excluding hydrogens is 564 g/mol. The van der Waals surface area contributed by atoms with Gasteiger partial charge < -0.3 is 15.2 Å². The molecule has 0 radical (unpaired) electrons. The van der Waals surface area contributed by atoms with Gasteiger partial charge >= 0.3 is 18.3 Å². The molecule has 3 heterocycles. The fourth-order valence-electron chi connectivity index (χ4n) is 3.10. The van der Waals surface area contributed by atoms with Gasteiger partial charge in [0.2, 0.25) is 5.88 Å². The van der Waals surface area contributed by atoms with Gasteiger partial charge in [-0.25, -0.2) is 24.7 Å². The minimum atomic E-state index is -5.08. The van der Waals surface area contributed by atoms with E-state index in [4.69, 9.17) is 14.6 Å². The van der Waals surface area contributed by atoms with Crippen molar-refractivity contribution in [3.05, 3.63) is 84.8 Å². The Balaban J connectivity index is 0.000000470. The molecule has 0 atom stereocenters. The summed E-state index contributed by atoms with van der Waals surface area (Å²) in [6.45, 7) is 0. The number of para-hydroxylation sites is 1. The summed E-state index contributed by atoms with van der Waals surface area (Å²) in [5.41, 5.74) is 0.887. The van der Waals surface area contributed by atoms with Crippen molar-refractivity contribution in [1.29, 1.82) is 0 Å². The van der Waals surface area contributed by atoms with Gasteiger partial charge in [0.15, 0.2) is 10.9 Å². The zero-order chi connectivity index (χ0) is 28.9. The van der Waals surface area contributed by atoms with Crippen LogP contribution in [0.2, 0.25) is 0 Å². The number of carboxylic acid groups (broad SMARTS) is 1. The van der Waals surface area contributed by atoms with Crippen molar-refractivity contribution in [2.75, 3.05) is 5.32 Å². The van der Waals surface area contributed by atoms with Gasteiger partial charge in [-0.1, -0.05) is 35.6 Å². The Labute approximate surface area is 225 Å². The van der Waals surface area contributed by atoms with E-state index in [0.717, 1.165) is 16.8 Å². The summed E-state index contributed by atoms with van der Waals surface area (Å²) < 4.78 is 77.1. The largest absolute Gasteiger partial charge is 0.490 e. The number of thiazole rings is 1. The Morgan fingerprint density at radius 2 is 1.62 bits per heavy atom. The molecule has 0 saturated heterocycles. The number of ether oxygens (including phenoxy) is 1. The van der Waals surface area contributed by atoms with E-state index in [1.54, 1.807) is 18.3 Å². The average molecular weight is 579 g/mol. The number of aromatic nitrogens is 4. The normalized spacial score (nSPS) is 11.4. The number of carboxylic acids is 1. The van der Waals surface area contributed by atoms with Gasteiger partial charge in [0.1, 0.15) is 17.7 Å². The van der Waals surface area contributed by atoms with Gasteiger partial charge in [0, 0.05) is 17.8 Å². The molecule has 0 bridgehead atoms. The summed E-state index contributed by atoms with van der Waals surface area (Å²) in [4.78, 5) is 26.0. The topological polar surface area (TPSA) is 110 Å². The molecule has 8 nitrogen and oxygen atoms in total. The van der Waals surface area contributed by atoms with E-state index in [2.05, 4.69) is 25.3 Å². The van der Waals surface area contributed by atoms with E-state index in [9.17, 15) is 26.3 Å². The first-order chi connectivity index (χ1) is 18.9. The van der Waals surface area contributed by atoms with Crippen LogP contribution in [0.25, 0.3) is 21.5 Å². The third-order valence-electron chi connectivity index (χ3n) is 4.89. The number of rotatable bonds is 5. The smallest absolute Gasteiger partial charge is 0.475 e. The minimum Gasteiger partial charge on any atom is -0.475 e. The highest BCUT2D eigenvalue weighted by molar-refractivity contribution is 7.22. The van der Waals surface area contributed by atoms with Crippen LogP contribution in [-0.2, 0) is 11.0 Å². The second kappa shape index (κ2) is 11.5. The molecule has 40 heavy (non-hydrogen) atoms. The molecule has 15 heteroatoms. The fourth-order valence-corrected chi connectivity index (χ4v) is 3.99. The molecule has 3 aromatic heterocycles. The van der Waals surface area contributed by atoms with Crippen LogP contribution in [0.4, 0.5) is 37.3 Å². The van der Waals surface area contributed by atoms with E-state index >= 15 is 0 Å². The number of nitrogens with zero attached hydrogens (tertiary/aromatic N) is 4. The minimum absolute atomic E-state index is 0.250. The predicted octanol–water partition coefficient (Wildman–Crippen LogP) is 7.34. The lowest BCUT2D eigenvalue weighted by Crippen LogP contribution is -2.21. The molecule has 0 amide bonds. The number of halogens is 6. The van der Waals surface area contributed by atoms with Crippen LogP contribution in [-0.4, -0.2) is 37.2 Å². The summed E-state index contributed by atoms with van der Waals surface area (Å²) >= 11 is 1.45. The van der Waals surface area contributed by atoms with Crippen LogP contribution >= 0.6 is 11.3 Å². The number of carbonyl (C=O) groups is 1. The number of hydrogen-bond acceptors (Lipinski definition) is 8. The van der Waals surface area contributed by atoms with Crippen LogP contribution in [0, 0.1) is 0 Å². The number of benzene rings is 2. The highest BCUT2D eigenvalue weighted by Gasteiger charge is 2.38. The van der Waals surface area contributed by atoms with Crippen molar-refractivity contribution in [2.45, 2.75) is 12.4 Å². The summed E-state index contributed by atoms with van der Waals surface area (Å²) in [5, 5.41) is 11.0. The van der Waals surface area contributed by atoms with Crippen LogP contribution < -0.4 is 10.1 Å². The molecule has 2 N–H and O–H groups in total. The number of aliphatic carboxylic acids is 1. The molecule has 5 rings (SSSR count). The molecule has 0 saturated carbocycles. The number of pyridine rings is 1. The summed E-state index contributed by atoms with van der Waals surface area (Å²) in [5.74, 6) is -1.34. The lowest BCUT2D eigenvalue weighted by atomic mass is 10.1. The van der Waals surface area contributed by atoms with E-state index in [1.165, 1.54) is 29.8 Å². The number of hydrogen-bond donors (Lipinski definition) is 2.